The summed E-state index contributed by atoms with van der Waals surface area (Å²) in [4.78, 5) is 9.14. The molecule has 1 saturated carbocycles. The van der Waals surface area contributed by atoms with Gasteiger partial charge in [-0.1, -0.05) is 18.6 Å². The molecule has 1 aliphatic carbocycles. The number of para-hydroxylation sites is 2. The van der Waals surface area contributed by atoms with Crippen molar-refractivity contribution < 1.29 is 0 Å². The van der Waals surface area contributed by atoms with E-state index in [1.165, 1.54) is 25.7 Å². The molecule has 0 spiro atoms. The molecule has 1 fully saturated rings. The van der Waals surface area contributed by atoms with Crippen LogP contribution in [0.5, 0.6) is 0 Å². The number of fused-ring (bicyclic) bond motifs is 1. The highest BCUT2D eigenvalue weighted by Gasteiger charge is 2.20. The molecule has 2 aromatic rings. The second kappa shape index (κ2) is 6.55. The normalized spacial score (nSPS) is 23.1. The fourth-order valence-electron chi connectivity index (χ4n) is 2.87. The number of benzene rings is 1. The number of nitrogens with one attached hydrogen (secondary N) is 1. The van der Waals surface area contributed by atoms with Gasteiger partial charge in [0.1, 0.15) is 0 Å². The van der Waals surface area contributed by atoms with Crippen LogP contribution in [-0.2, 0) is 6.54 Å². The second-order valence-electron chi connectivity index (χ2n) is 5.45. The summed E-state index contributed by atoms with van der Waals surface area (Å²) in [7, 11) is 0. The van der Waals surface area contributed by atoms with E-state index in [0.717, 1.165) is 28.5 Å². The molecule has 4 heteroatoms. The van der Waals surface area contributed by atoms with E-state index in [2.05, 4.69) is 21.5 Å². The molecule has 20 heavy (non-hydrogen) atoms. The standard InChI is InChI=1S/C16H21N3S/c1-20-14-6-4-5-12(9-14)17-10-13-11-18-15-7-2-3-8-16(15)19-13/h2-3,7-8,11-12,14,17H,4-6,9-10H2,1H3. The Morgan fingerprint density at radius 2 is 2.10 bits per heavy atom. The van der Waals surface area contributed by atoms with Crippen LogP contribution in [-0.4, -0.2) is 27.5 Å². The molecule has 0 radical (unpaired) electrons. The number of aromatic nitrogens is 2. The van der Waals surface area contributed by atoms with Crippen molar-refractivity contribution in [3.63, 3.8) is 0 Å². The Labute approximate surface area is 124 Å². The quantitative estimate of drug-likeness (QED) is 0.935. The third-order valence-corrected chi connectivity index (χ3v) is 5.12. The van der Waals surface area contributed by atoms with Crippen molar-refractivity contribution >= 4 is 22.8 Å². The lowest BCUT2D eigenvalue weighted by Gasteiger charge is -2.28. The smallest absolute Gasteiger partial charge is 0.0890 e. The van der Waals surface area contributed by atoms with Gasteiger partial charge in [-0.05, 0) is 37.7 Å². The zero-order chi connectivity index (χ0) is 13.8. The number of hydrogen-bond acceptors (Lipinski definition) is 4. The molecular weight excluding hydrogens is 266 g/mol. The summed E-state index contributed by atoms with van der Waals surface area (Å²) in [5.41, 5.74) is 2.99. The van der Waals surface area contributed by atoms with Crippen LogP contribution in [0.4, 0.5) is 0 Å². The van der Waals surface area contributed by atoms with E-state index in [1.807, 2.05) is 42.2 Å². The van der Waals surface area contributed by atoms with Gasteiger partial charge in [0, 0.05) is 17.8 Å². The molecule has 0 aliphatic heterocycles. The number of hydrogen-bond donors (Lipinski definition) is 1. The first-order chi connectivity index (χ1) is 9.85. The van der Waals surface area contributed by atoms with Crippen molar-refractivity contribution in [2.45, 2.75) is 43.5 Å². The van der Waals surface area contributed by atoms with E-state index in [4.69, 9.17) is 0 Å². The van der Waals surface area contributed by atoms with E-state index in [-0.39, 0.29) is 0 Å². The van der Waals surface area contributed by atoms with Gasteiger partial charge >= 0.3 is 0 Å². The zero-order valence-corrected chi connectivity index (χ0v) is 12.7. The predicted molar refractivity (Wildman–Crippen MR) is 85.9 cm³/mol. The minimum Gasteiger partial charge on any atom is -0.308 e. The lowest BCUT2D eigenvalue weighted by molar-refractivity contribution is 0.378. The summed E-state index contributed by atoms with van der Waals surface area (Å²) in [6.45, 7) is 0.823. The summed E-state index contributed by atoms with van der Waals surface area (Å²) < 4.78 is 0. The Morgan fingerprint density at radius 1 is 1.25 bits per heavy atom. The average molecular weight is 287 g/mol. The Balaban J connectivity index is 1.61. The maximum Gasteiger partial charge on any atom is 0.0890 e. The minimum atomic E-state index is 0.634. The number of nitrogens with zero attached hydrogens (tertiary/aromatic N) is 2. The molecule has 1 N–H and O–H groups in total. The van der Waals surface area contributed by atoms with Crippen LogP contribution < -0.4 is 5.32 Å². The van der Waals surface area contributed by atoms with Crippen molar-refractivity contribution in [1.29, 1.82) is 0 Å². The summed E-state index contributed by atoms with van der Waals surface area (Å²) >= 11 is 2.01. The van der Waals surface area contributed by atoms with E-state index >= 15 is 0 Å². The fraction of sp³-hybridized carbons (Fsp3) is 0.500. The van der Waals surface area contributed by atoms with E-state index in [9.17, 15) is 0 Å². The molecule has 1 aliphatic rings. The lowest BCUT2D eigenvalue weighted by atomic mass is 9.95. The lowest BCUT2D eigenvalue weighted by Crippen LogP contribution is -2.34. The first-order valence-corrected chi connectivity index (χ1v) is 8.61. The van der Waals surface area contributed by atoms with Crippen molar-refractivity contribution in [2.75, 3.05) is 6.26 Å². The van der Waals surface area contributed by atoms with Crippen molar-refractivity contribution in [2.24, 2.45) is 0 Å². The van der Waals surface area contributed by atoms with Gasteiger partial charge in [-0.15, -0.1) is 0 Å². The summed E-state index contributed by atoms with van der Waals surface area (Å²) in [6.07, 6.45) is 9.40. The Hall–Kier alpha value is -1.13. The van der Waals surface area contributed by atoms with Gasteiger partial charge in [-0.25, -0.2) is 4.98 Å². The molecule has 1 heterocycles. The van der Waals surface area contributed by atoms with Crippen LogP contribution in [0.1, 0.15) is 31.4 Å². The molecule has 3 nitrogen and oxygen atoms in total. The monoisotopic (exact) mass is 287 g/mol. The van der Waals surface area contributed by atoms with Gasteiger partial charge in [0.15, 0.2) is 0 Å². The summed E-state index contributed by atoms with van der Waals surface area (Å²) in [5.74, 6) is 0. The minimum absolute atomic E-state index is 0.634. The first kappa shape index (κ1) is 13.8. The third kappa shape index (κ3) is 3.30. The number of rotatable bonds is 4. The molecule has 0 amide bonds. The van der Waals surface area contributed by atoms with Crippen LogP contribution in [0, 0.1) is 0 Å². The Bertz CT molecular complexity index is 572. The van der Waals surface area contributed by atoms with Crippen LogP contribution in [0.25, 0.3) is 11.0 Å². The van der Waals surface area contributed by atoms with Crippen molar-refractivity contribution in [1.82, 2.24) is 15.3 Å². The Kier molecular flexibility index (Phi) is 4.53. The topological polar surface area (TPSA) is 37.8 Å². The molecule has 0 bridgehead atoms. The molecule has 3 rings (SSSR count). The molecule has 2 atom stereocenters. The molecule has 2 unspecified atom stereocenters. The average Bonchev–Trinajstić information content (AvgIpc) is 2.53. The van der Waals surface area contributed by atoms with Gasteiger partial charge in [0.25, 0.3) is 0 Å². The second-order valence-corrected chi connectivity index (χ2v) is 6.59. The fourth-order valence-corrected chi connectivity index (χ4v) is 3.70. The maximum atomic E-state index is 4.67. The highest BCUT2D eigenvalue weighted by Crippen LogP contribution is 2.27. The highest BCUT2D eigenvalue weighted by atomic mass is 32.2. The van der Waals surface area contributed by atoms with E-state index < -0.39 is 0 Å². The molecule has 1 aromatic heterocycles. The first-order valence-electron chi connectivity index (χ1n) is 7.32. The van der Waals surface area contributed by atoms with Gasteiger partial charge < -0.3 is 5.32 Å². The van der Waals surface area contributed by atoms with Gasteiger partial charge in [-0.2, -0.15) is 11.8 Å². The molecular formula is C16H21N3S. The van der Waals surface area contributed by atoms with Crippen molar-refractivity contribution in [3.05, 3.63) is 36.2 Å². The zero-order valence-electron chi connectivity index (χ0n) is 11.9. The summed E-state index contributed by atoms with van der Waals surface area (Å²) in [5, 5.41) is 4.47. The van der Waals surface area contributed by atoms with Crippen molar-refractivity contribution in [3.8, 4) is 0 Å². The van der Waals surface area contributed by atoms with E-state index in [0.29, 0.717) is 6.04 Å². The molecule has 106 valence electrons. The van der Waals surface area contributed by atoms with E-state index in [1.54, 1.807) is 0 Å². The summed E-state index contributed by atoms with van der Waals surface area (Å²) in [6, 6.07) is 8.67. The maximum absolute atomic E-state index is 4.67. The largest absolute Gasteiger partial charge is 0.308 e. The van der Waals surface area contributed by atoms with Crippen LogP contribution in [0.15, 0.2) is 30.5 Å². The van der Waals surface area contributed by atoms with Gasteiger partial charge in [-0.3, -0.25) is 4.98 Å². The Morgan fingerprint density at radius 3 is 2.95 bits per heavy atom. The van der Waals surface area contributed by atoms with Gasteiger partial charge in [0.05, 0.1) is 22.9 Å². The van der Waals surface area contributed by atoms with Crippen LogP contribution in [0.2, 0.25) is 0 Å². The molecule has 0 saturated heterocycles. The van der Waals surface area contributed by atoms with Gasteiger partial charge in [0.2, 0.25) is 0 Å². The predicted octanol–water partition coefficient (Wildman–Crippen LogP) is 3.39. The molecule has 1 aromatic carbocycles. The van der Waals surface area contributed by atoms with Crippen LogP contribution >= 0.6 is 11.8 Å². The third-order valence-electron chi connectivity index (χ3n) is 4.03. The SMILES string of the molecule is CSC1CCCC(NCc2cnc3ccccc3n2)C1. The number of thioether (sulfide) groups is 1. The van der Waals surface area contributed by atoms with Crippen LogP contribution in [0.3, 0.4) is 0 Å². The highest BCUT2D eigenvalue weighted by molar-refractivity contribution is 7.99.